The average Bonchev–Trinajstić information content (AvgIpc) is 2.24. The van der Waals surface area contributed by atoms with Gasteiger partial charge < -0.3 is 12.6 Å². The van der Waals surface area contributed by atoms with Gasteiger partial charge in [0.15, 0.2) is 18.1 Å². The maximum atomic E-state index is 5.37. The summed E-state index contributed by atoms with van der Waals surface area (Å²) in [6, 6.07) is 4.14. The van der Waals surface area contributed by atoms with Crippen LogP contribution in [0.2, 0.25) is 0 Å². The van der Waals surface area contributed by atoms with E-state index in [-0.39, 0.29) is 0 Å². The molecule has 1 aromatic rings. The first-order valence-electron chi connectivity index (χ1n) is 5.14. The van der Waals surface area contributed by atoms with Crippen LogP contribution in [-0.2, 0) is 12.6 Å². The van der Waals surface area contributed by atoms with Crippen molar-refractivity contribution in [3.05, 3.63) is 34.3 Å². The molecule has 1 nitrogen and oxygen atoms in total. The second kappa shape index (κ2) is 6.13. The molecule has 0 amide bonds. The molecular formula is C12H17NS2. The summed E-state index contributed by atoms with van der Waals surface area (Å²) in [5.41, 5.74) is 2.40. The monoisotopic (exact) mass is 239 g/mol. The normalized spacial score (nSPS) is 12.5. The summed E-state index contributed by atoms with van der Waals surface area (Å²) in [6.45, 7) is 6.33. The molecule has 0 saturated carbocycles. The third kappa shape index (κ3) is 3.84. The second-order valence-corrected chi connectivity index (χ2v) is 5.28. The fourth-order valence-corrected chi connectivity index (χ4v) is 2.27. The molecular weight excluding hydrogens is 222 g/mol. The Morgan fingerprint density at radius 1 is 1.53 bits per heavy atom. The summed E-state index contributed by atoms with van der Waals surface area (Å²) in [6.07, 6.45) is 5.31. The number of aromatic nitrogens is 1. The maximum Gasteiger partial charge on any atom is 0.177 e. The van der Waals surface area contributed by atoms with Gasteiger partial charge in [0.2, 0.25) is 0 Å². The zero-order valence-corrected chi connectivity index (χ0v) is 11.1. The van der Waals surface area contributed by atoms with Gasteiger partial charge in [0.05, 0.1) is 0 Å². The van der Waals surface area contributed by atoms with E-state index in [0.29, 0.717) is 0 Å². The van der Waals surface area contributed by atoms with Crippen molar-refractivity contribution >= 4 is 30.1 Å². The summed E-state index contributed by atoms with van der Waals surface area (Å²) in [7, 11) is 0. The minimum absolute atomic E-state index is 0.993. The Hall–Kier alpha value is -0.540. The van der Waals surface area contributed by atoms with Crippen molar-refractivity contribution in [3.63, 3.8) is 0 Å². The number of aryl methyl sites for hydroxylation is 1. The summed E-state index contributed by atoms with van der Waals surface area (Å²) < 4.78 is 3.09. The summed E-state index contributed by atoms with van der Waals surface area (Å²) in [5.74, 6) is 1.10. The van der Waals surface area contributed by atoms with Crippen LogP contribution >= 0.6 is 11.8 Å². The number of hydrogen-bond acceptors (Lipinski definition) is 2. The van der Waals surface area contributed by atoms with Gasteiger partial charge in [-0.25, -0.2) is 0 Å². The molecule has 0 aliphatic carbocycles. The molecule has 0 bridgehead atoms. The second-order valence-electron chi connectivity index (χ2n) is 3.51. The molecule has 0 N–H and O–H groups in total. The van der Waals surface area contributed by atoms with Crippen molar-refractivity contribution in [3.8, 4) is 0 Å². The first kappa shape index (κ1) is 12.5. The number of hydrogen-bond donors (Lipinski definition) is 0. The van der Waals surface area contributed by atoms with Crippen LogP contribution in [0.15, 0.2) is 28.8 Å². The van der Waals surface area contributed by atoms with Crippen LogP contribution in [0.1, 0.15) is 25.8 Å². The van der Waals surface area contributed by atoms with Gasteiger partial charge >= 0.3 is 0 Å². The van der Waals surface area contributed by atoms with Crippen LogP contribution < -0.4 is 4.57 Å². The molecule has 15 heavy (non-hydrogen) atoms. The van der Waals surface area contributed by atoms with E-state index in [2.05, 4.69) is 37.6 Å². The van der Waals surface area contributed by atoms with Gasteiger partial charge in [0.1, 0.15) is 0 Å². The van der Waals surface area contributed by atoms with Crippen LogP contribution in [0.25, 0.3) is 5.70 Å². The molecule has 0 unspecified atom stereocenters. The van der Waals surface area contributed by atoms with E-state index in [1.807, 2.05) is 12.3 Å². The van der Waals surface area contributed by atoms with Crippen LogP contribution in [-0.4, -0.2) is 5.75 Å². The lowest BCUT2D eigenvalue weighted by Crippen LogP contribution is -2.30. The third-order valence-electron chi connectivity index (χ3n) is 2.07. The zero-order chi connectivity index (χ0) is 11.3. The van der Waals surface area contributed by atoms with Crippen LogP contribution in [0.4, 0.5) is 0 Å². The van der Waals surface area contributed by atoms with Gasteiger partial charge in [-0.3, -0.25) is 0 Å². The van der Waals surface area contributed by atoms with Crippen LogP contribution in [0.5, 0.6) is 0 Å². The Bertz CT molecular complexity index is 358. The van der Waals surface area contributed by atoms with Crippen molar-refractivity contribution < 1.29 is 4.57 Å². The number of thioether (sulfide) groups is 1. The smallest absolute Gasteiger partial charge is 0.177 e. The Balaban J connectivity index is 2.86. The van der Waals surface area contributed by atoms with E-state index in [1.54, 1.807) is 11.8 Å². The highest BCUT2D eigenvalue weighted by Gasteiger charge is 2.04. The Morgan fingerprint density at radius 2 is 2.27 bits per heavy atom. The number of nitrogens with zero attached hydrogens (tertiary/aromatic N) is 1. The SMILES string of the molecule is CCCS/C([S-])=C(\C)[n+]1cccc(C)c1. The van der Waals surface area contributed by atoms with Gasteiger partial charge in [-0.05, 0) is 25.2 Å². The molecule has 0 aliphatic rings. The minimum Gasteiger partial charge on any atom is -0.767 e. The van der Waals surface area contributed by atoms with E-state index in [0.717, 1.165) is 22.1 Å². The predicted molar refractivity (Wildman–Crippen MR) is 70.4 cm³/mol. The molecule has 1 heterocycles. The molecule has 0 aromatic carbocycles. The van der Waals surface area contributed by atoms with Crippen molar-refractivity contribution in [1.82, 2.24) is 0 Å². The summed E-state index contributed by atoms with van der Waals surface area (Å²) in [5, 5.41) is 0. The lowest BCUT2D eigenvalue weighted by Gasteiger charge is -2.11. The molecule has 0 saturated heterocycles. The molecule has 1 aromatic heterocycles. The lowest BCUT2D eigenvalue weighted by molar-refractivity contribution is -0.581. The highest BCUT2D eigenvalue weighted by atomic mass is 32.2. The fourth-order valence-electron chi connectivity index (χ4n) is 1.21. The quantitative estimate of drug-likeness (QED) is 0.587. The Labute approximate surface area is 102 Å². The first-order chi connectivity index (χ1) is 7.15. The number of pyridine rings is 1. The fraction of sp³-hybridized carbons (Fsp3) is 0.417. The predicted octanol–water partition coefficient (Wildman–Crippen LogP) is 3.12. The van der Waals surface area contributed by atoms with Gasteiger partial charge in [-0.2, -0.15) is 4.57 Å². The standard InChI is InChI=1S/C12H17NS2/c1-4-8-15-12(14)11(3)13-7-5-6-10(2)9-13/h5-7,9H,4,8H2,1-3H3/b12-11+. The molecule has 0 spiro atoms. The van der Waals surface area contributed by atoms with E-state index < -0.39 is 0 Å². The van der Waals surface area contributed by atoms with Crippen LogP contribution in [0.3, 0.4) is 0 Å². The lowest BCUT2D eigenvalue weighted by atomic mass is 10.3. The van der Waals surface area contributed by atoms with Gasteiger partial charge in [-0.1, -0.05) is 11.2 Å². The van der Waals surface area contributed by atoms with Crippen LogP contribution in [0, 0.1) is 6.92 Å². The highest BCUT2D eigenvalue weighted by Crippen LogP contribution is 2.18. The molecule has 0 radical (unpaired) electrons. The third-order valence-corrected chi connectivity index (χ3v) is 3.89. The van der Waals surface area contributed by atoms with Gasteiger partial charge in [-0.15, -0.1) is 11.8 Å². The maximum absolute atomic E-state index is 5.37. The van der Waals surface area contributed by atoms with E-state index >= 15 is 0 Å². The van der Waals surface area contributed by atoms with Crippen molar-refractivity contribution in [2.75, 3.05) is 5.75 Å². The number of rotatable bonds is 4. The number of allylic oxidation sites excluding steroid dienone is 1. The largest absolute Gasteiger partial charge is 0.767 e. The molecule has 0 fully saturated rings. The first-order valence-corrected chi connectivity index (χ1v) is 6.53. The van der Waals surface area contributed by atoms with E-state index in [4.69, 9.17) is 12.6 Å². The zero-order valence-electron chi connectivity index (χ0n) is 9.49. The molecule has 0 aliphatic heterocycles. The molecule has 1 rings (SSSR count). The average molecular weight is 239 g/mol. The van der Waals surface area contributed by atoms with E-state index in [9.17, 15) is 0 Å². The van der Waals surface area contributed by atoms with Gasteiger partial charge in [0.25, 0.3) is 0 Å². The highest BCUT2D eigenvalue weighted by molar-refractivity contribution is 8.11. The minimum atomic E-state index is 0.993. The topological polar surface area (TPSA) is 3.88 Å². The summed E-state index contributed by atoms with van der Waals surface area (Å²) in [4.78, 5) is 0. The Morgan fingerprint density at radius 3 is 2.87 bits per heavy atom. The Kier molecular flexibility index (Phi) is 5.12. The van der Waals surface area contributed by atoms with E-state index in [1.165, 1.54) is 5.56 Å². The van der Waals surface area contributed by atoms with Crippen molar-refractivity contribution in [1.29, 1.82) is 0 Å². The van der Waals surface area contributed by atoms with Gasteiger partial charge in [0, 0.05) is 18.6 Å². The molecule has 3 heteroatoms. The molecule has 82 valence electrons. The van der Waals surface area contributed by atoms with Crippen molar-refractivity contribution in [2.45, 2.75) is 27.2 Å². The summed E-state index contributed by atoms with van der Waals surface area (Å²) >= 11 is 7.13. The van der Waals surface area contributed by atoms with Crippen molar-refractivity contribution in [2.24, 2.45) is 0 Å². The molecule has 0 atom stereocenters.